The Bertz CT molecular complexity index is 587. The van der Waals surface area contributed by atoms with Gasteiger partial charge in [-0.05, 0) is 12.1 Å². The zero-order chi connectivity index (χ0) is 11.7. The Hall–Kier alpha value is -1.39. The molecule has 1 aliphatic heterocycles. The average Bonchev–Trinajstić information content (AvgIpc) is 2.40. The van der Waals surface area contributed by atoms with Gasteiger partial charge in [0.2, 0.25) is 5.43 Å². The smallest absolute Gasteiger partial charge is 0.211 e. The second-order valence-corrected chi connectivity index (χ2v) is 4.96. The lowest BCUT2D eigenvalue weighted by atomic mass is 10.2. The van der Waals surface area contributed by atoms with E-state index >= 15 is 0 Å². The number of hydrogen-bond acceptors (Lipinski definition) is 4. The van der Waals surface area contributed by atoms with Crippen LogP contribution in [0, 0.1) is 0 Å². The molecule has 3 nitrogen and oxygen atoms in total. The maximum Gasteiger partial charge on any atom is 0.211 e. The zero-order valence-corrected chi connectivity index (χ0v) is 10.2. The minimum Gasteiger partial charge on any atom is -0.378 e. The molecule has 0 unspecified atom stereocenters. The number of ether oxygens (including phenoxy) is 1. The Balaban J connectivity index is 2.11. The Morgan fingerprint density at radius 1 is 1.18 bits per heavy atom. The quantitative estimate of drug-likeness (QED) is 0.773. The van der Waals surface area contributed by atoms with Gasteiger partial charge in [0, 0.05) is 28.6 Å². The standard InChI is InChI=1S/C13H13NO2S/c15-13-10-3-1-2-4-12(10)17-9-11(13)14-5-7-16-8-6-14/h1-4,9H,5-8H2. The fourth-order valence-corrected chi connectivity index (χ4v) is 3.03. The second kappa shape index (κ2) is 4.47. The van der Waals surface area contributed by atoms with Crippen molar-refractivity contribution in [2.75, 3.05) is 31.2 Å². The van der Waals surface area contributed by atoms with Crippen LogP contribution in [0.1, 0.15) is 0 Å². The van der Waals surface area contributed by atoms with Crippen LogP contribution >= 0.6 is 11.3 Å². The molecular formula is C13H13NO2S. The van der Waals surface area contributed by atoms with Crippen LogP contribution < -0.4 is 10.3 Å². The van der Waals surface area contributed by atoms with Gasteiger partial charge in [0.1, 0.15) is 0 Å². The SMILES string of the molecule is O=c1c(N2CCOCC2)csc2ccccc12. The van der Waals surface area contributed by atoms with E-state index in [-0.39, 0.29) is 5.43 Å². The minimum absolute atomic E-state index is 0.140. The molecule has 4 heteroatoms. The molecule has 0 aliphatic carbocycles. The van der Waals surface area contributed by atoms with E-state index in [0.717, 1.165) is 28.9 Å². The molecule has 1 aliphatic rings. The maximum absolute atomic E-state index is 12.4. The van der Waals surface area contributed by atoms with Crippen LogP contribution in [0.25, 0.3) is 10.1 Å². The summed E-state index contributed by atoms with van der Waals surface area (Å²) in [6, 6.07) is 7.77. The van der Waals surface area contributed by atoms with Gasteiger partial charge in [0.15, 0.2) is 0 Å². The van der Waals surface area contributed by atoms with Crippen molar-refractivity contribution in [2.45, 2.75) is 0 Å². The van der Waals surface area contributed by atoms with E-state index in [2.05, 4.69) is 4.90 Å². The van der Waals surface area contributed by atoms with Crippen molar-refractivity contribution in [2.24, 2.45) is 0 Å². The van der Waals surface area contributed by atoms with Gasteiger partial charge in [-0.15, -0.1) is 11.3 Å². The van der Waals surface area contributed by atoms with Crippen molar-refractivity contribution in [3.8, 4) is 0 Å². The molecule has 2 aromatic rings. The van der Waals surface area contributed by atoms with Gasteiger partial charge in [-0.2, -0.15) is 0 Å². The highest BCUT2D eigenvalue weighted by molar-refractivity contribution is 7.16. The molecule has 0 spiro atoms. The monoisotopic (exact) mass is 247 g/mol. The first kappa shape index (κ1) is 10.7. The molecule has 17 heavy (non-hydrogen) atoms. The predicted molar refractivity (Wildman–Crippen MR) is 71.1 cm³/mol. The highest BCUT2D eigenvalue weighted by Crippen LogP contribution is 2.21. The number of nitrogens with zero attached hydrogens (tertiary/aromatic N) is 1. The van der Waals surface area contributed by atoms with E-state index in [1.807, 2.05) is 29.6 Å². The van der Waals surface area contributed by atoms with Crippen LogP contribution in [0.2, 0.25) is 0 Å². The summed E-state index contributed by atoms with van der Waals surface area (Å²) in [6.07, 6.45) is 0. The van der Waals surface area contributed by atoms with Crippen molar-refractivity contribution in [1.29, 1.82) is 0 Å². The maximum atomic E-state index is 12.4. The molecule has 2 heterocycles. The third-order valence-corrected chi connectivity index (χ3v) is 3.96. The van der Waals surface area contributed by atoms with Crippen molar-refractivity contribution in [3.05, 3.63) is 39.9 Å². The summed E-state index contributed by atoms with van der Waals surface area (Å²) in [6.45, 7) is 3.02. The number of rotatable bonds is 1. The van der Waals surface area contributed by atoms with Crippen molar-refractivity contribution < 1.29 is 4.74 Å². The van der Waals surface area contributed by atoms with Crippen LogP contribution in [0.3, 0.4) is 0 Å². The zero-order valence-electron chi connectivity index (χ0n) is 9.39. The van der Waals surface area contributed by atoms with Gasteiger partial charge in [-0.1, -0.05) is 12.1 Å². The van der Waals surface area contributed by atoms with E-state index in [4.69, 9.17) is 4.74 Å². The minimum atomic E-state index is 0.140. The van der Waals surface area contributed by atoms with Gasteiger partial charge in [0.25, 0.3) is 0 Å². The van der Waals surface area contributed by atoms with Crippen LogP contribution in [-0.2, 0) is 4.74 Å². The molecule has 0 amide bonds. The number of hydrogen-bond donors (Lipinski definition) is 0. The largest absolute Gasteiger partial charge is 0.378 e. The Labute approximate surface area is 103 Å². The van der Waals surface area contributed by atoms with Crippen molar-refractivity contribution in [1.82, 2.24) is 0 Å². The third kappa shape index (κ3) is 1.94. The van der Waals surface area contributed by atoms with Crippen LogP contribution in [0.15, 0.2) is 34.4 Å². The van der Waals surface area contributed by atoms with E-state index in [9.17, 15) is 4.79 Å². The normalized spacial score (nSPS) is 16.4. The molecule has 1 saturated heterocycles. The first-order chi connectivity index (χ1) is 8.36. The van der Waals surface area contributed by atoms with Gasteiger partial charge in [0.05, 0.1) is 18.9 Å². The molecule has 0 atom stereocenters. The molecule has 1 fully saturated rings. The lowest BCUT2D eigenvalue weighted by molar-refractivity contribution is 0.122. The first-order valence-corrected chi connectivity index (χ1v) is 6.57. The Morgan fingerprint density at radius 3 is 2.76 bits per heavy atom. The fraction of sp³-hybridized carbons (Fsp3) is 0.308. The van der Waals surface area contributed by atoms with Gasteiger partial charge < -0.3 is 9.64 Å². The summed E-state index contributed by atoms with van der Waals surface area (Å²) in [5.41, 5.74) is 0.957. The van der Waals surface area contributed by atoms with Crippen LogP contribution in [-0.4, -0.2) is 26.3 Å². The number of fused-ring (bicyclic) bond motifs is 1. The fourth-order valence-electron chi connectivity index (χ4n) is 2.09. The molecular weight excluding hydrogens is 234 g/mol. The van der Waals surface area contributed by atoms with E-state index in [0.29, 0.717) is 13.2 Å². The summed E-state index contributed by atoms with van der Waals surface area (Å²) in [5.74, 6) is 0. The molecule has 1 aromatic carbocycles. The number of morpholine rings is 1. The second-order valence-electron chi connectivity index (χ2n) is 4.05. The highest BCUT2D eigenvalue weighted by atomic mass is 32.1. The summed E-state index contributed by atoms with van der Waals surface area (Å²) >= 11 is 1.63. The van der Waals surface area contributed by atoms with Gasteiger partial charge in [-0.25, -0.2) is 0 Å². The van der Waals surface area contributed by atoms with Gasteiger partial charge in [-0.3, -0.25) is 4.79 Å². The lowest BCUT2D eigenvalue weighted by Crippen LogP contribution is -2.38. The molecule has 0 bridgehead atoms. The third-order valence-electron chi connectivity index (χ3n) is 3.01. The summed E-state index contributed by atoms with van der Waals surface area (Å²) in [5, 5.41) is 2.79. The molecule has 0 radical (unpaired) electrons. The molecule has 3 rings (SSSR count). The first-order valence-electron chi connectivity index (χ1n) is 5.69. The molecule has 0 saturated carbocycles. The summed E-state index contributed by atoms with van der Waals surface area (Å²) in [7, 11) is 0. The average molecular weight is 247 g/mol. The summed E-state index contributed by atoms with van der Waals surface area (Å²) < 4.78 is 6.36. The van der Waals surface area contributed by atoms with E-state index in [1.54, 1.807) is 11.3 Å². The van der Waals surface area contributed by atoms with E-state index < -0.39 is 0 Å². The predicted octanol–water partition coefficient (Wildman–Crippen LogP) is 2.10. The van der Waals surface area contributed by atoms with Crippen LogP contribution in [0.4, 0.5) is 5.69 Å². The van der Waals surface area contributed by atoms with Crippen molar-refractivity contribution in [3.63, 3.8) is 0 Å². The van der Waals surface area contributed by atoms with E-state index in [1.165, 1.54) is 0 Å². The summed E-state index contributed by atoms with van der Waals surface area (Å²) in [4.78, 5) is 14.5. The Morgan fingerprint density at radius 2 is 1.94 bits per heavy atom. The Kier molecular flexibility index (Phi) is 2.82. The molecule has 1 aromatic heterocycles. The molecule has 0 N–H and O–H groups in total. The number of benzene rings is 1. The van der Waals surface area contributed by atoms with Gasteiger partial charge >= 0.3 is 0 Å². The lowest BCUT2D eigenvalue weighted by Gasteiger charge is -2.28. The topological polar surface area (TPSA) is 29.5 Å². The molecule has 88 valence electrons. The van der Waals surface area contributed by atoms with Crippen molar-refractivity contribution >= 4 is 27.1 Å². The van der Waals surface area contributed by atoms with Crippen LogP contribution in [0.5, 0.6) is 0 Å². The number of anilines is 1. The highest BCUT2D eigenvalue weighted by Gasteiger charge is 2.15.